The second-order valence-corrected chi connectivity index (χ2v) is 4.84. The van der Waals surface area contributed by atoms with E-state index in [2.05, 4.69) is 10.1 Å². The highest BCUT2D eigenvalue weighted by Gasteiger charge is 2.24. The number of likely N-dealkylation sites (N-methyl/N-ethyl adjacent to an activating group) is 2. The van der Waals surface area contributed by atoms with Gasteiger partial charge in [-0.15, -0.1) is 0 Å². The van der Waals surface area contributed by atoms with Gasteiger partial charge in [0.25, 0.3) is 0 Å². The maximum Gasteiger partial charge on any atom is 0.319 e. The monoisotopic (exact) mass is 271 g/mol. The zero-order valence-electron chi connectivity index (χ0n) is 11.6. The largest absolute Gasteiger partial charge is 0.468 e. The summed E-state index contributed by atoms with van der Waals surface area (Å²) in [4.78, 5) is 37.3. The van der Waals surface area contributed by atoms with E-state index in [1.54, 1.807) is 19.0 Å². The van der Waals surface area contributed by atoms with Crippen LogP contribution in [0.5, 0.6) is 0 Å². The molecule has 108 valence electrons. The number of nitrogens with one attached hydrogen (secondary N) is 1. The molecule has 1 N–H and O–H groups in total. The Labute approximate surface area is 112 Å². The average Bonchev–Trinajstić information content (AvgIpc) is 3.11. The van der Waals surface area contributed by atoms with Crippen molar-refractivity contribution in [2.24, 2.45) is 0 Å². The fourth-order valence-corrected chi connectivity index (χ4v) is 1.50. The van der Waals surface area contributed by atoms with E-state index in [4.69, 9.17) is 0 Å². The minimum Gasteiger partial charge on any atom is -0.468 e. The predicted octanol–water partition coefficient (Wildman–Crippen LogP) is -1.17. The van der Waals surface area contributed by atoms with Crippen molar-refractivity contribution in [3.8, 4) is 0 Å². The van der Waals surface area contributed by atoms with Crippen molar-refractivity contribution in [3.05, 3.63) is 0 Å². The molecule has 0 aromatic carbocycles. The molecule has 0 aromatic heterocycles. The summed E-state index contributed by atoms with van der Waals surface area (Å²) >= 11 is 0. The van der Waals surface area contributed by atoms with Crippen LogP contribution in [-0.4, -0.2) is 74.5 Å². The molecule has 0 atom stereocenters. The third-order valence-electron chi connectivity index (χ3n) is 2.78. The molecule has 0 aliphatic heterocycles. The molecule has 0 saturated heterocycles. The van der Waals surface area contributed by atoms with Crippen molar-refractivity contribution >= 4 is 17.8 Å². The molecule has 0 aromatic rings. The number of hydrogen-bond acceptors (Lipinski definition) is 5. The molecule has 1 aliphatic rings. The van der Waals surface area contributed by atoms with E-state index in [1.165, 1.54) is 12.0 Å². The molecule has 19 heavy (non-hydrogen) atoms. The predicted molar refractivity (Wildman–Crippen MR) is 68.3 cm³/mol. The lowest BCUT2D eigenvalue weighted by atomic mass is 10.4. The van der Waals surface area contributed by atoms with Crippen LogP contribution in [0.4, 0.5) is 0 Å². The molecule has 0 spiro atoms. The molecule has 2 amide bonds. The lowest BCUT2D eigenvalue weighted by molar-refractivity contribution is -0.142. The zero-order chi connectivity index (χ0) is 14.4. The van der Waals surface area contributed by atoms with Crippen LogP contribution in [0, 0.1) is 0 Å². The number of carbonyl (C=O) groups excluding carboxylic acids is 3. The minimum absolute atomic E-state index is 0.0431. The summed E-state index contributed by atoms with van der Waals surface area (Å²) < 4.78 is 4.51. The third kappa shape index (κ3) is 6.19. The second kappa shape index (κ2) is 7.08. The van der Waals surface area contributed by atoms with E-state index in [0.29, 0.717) is 0 Å². The zero-order valence-corrected chi connectivity index (χ0v) is 11.6. The van der Waals surface area contributed by atoms with Gasteiger partial charge in [-0.25, -0.2) is 0 Å². The van der Waals surface area contributed by atoms with Crippen molar-refractivity contribution < 1.29 is 19.1 Å². The molecule has 1 saturated carbocycles. The number of methoxy groups -OCH3 is 1. The van der Waals surface area contributed by atoms with Gasteiger partial charge in [0.2, 0.25) is 11.8 Å². The van der Waals surface area contributed by atoms with Gasteiger partial charge in [-0.1, -0.05) is 0 Å². The minimum atomic E-state index is -0.399. The summed E-state index contributed by atoms with van der Waals surface area (Å²) in [6.07, 6.45) is 2.04. The maximum atomic E-state index is 11.8. The molecule has 7 nitrogen and oxygen atoms in total. The van der Waals surface area contributed by atoms with E-state index in [-0.39, 0.29) is 37.5 Å². The molecule has 1 rings (SSSR count). The van der Waals surface area contributed by atoms with Crippen LogP contribution in [0.15, 0.2) is 0 Å². The molecule has 0 heterocycles. The van der Waals surface area contributed by atoms with Gasteiger partial charge in [0.1, 0.15) is 0 Å². The second-order valence-electron chi connectivity index (χ2n) is 4.84. The van der Waals surface area contributed by atoms with Gasteiger partial charge < -0.3 is 15.0 Å². The lowest BCUT2D eigenvalue weighted by Crippen LogP contribution is -2.43. The average molecular weight is 271 g/mol. The van der Waals surface area contributed by atoms with Crippen LogP contribution in [0.25, 0.3) is 0 Å². The number of hydrogen-bond donors (Lipinski definition) is 1. The number of amides is 2. The molecule has 0 radical (unpaired) electrons. The summed E-state index contributed by atoms with van der Waals surface area (Å²) in [5.41, 5.74) is 0. The smallest absolute Gasteiger partial charge is 0.319 e. The summed E-state index contributed by atoms with van der Waals surface area (Å²) in [7, 11) is 4.51. The summed E-state index contributed by atoms with van der Waals surface area (Å²) in [6, 6.07) is 0.290. The van der Waals surface area contributed by atoms with Gasteiger partial charge in [0.05, 0.1) is 26.7 Å². The Hall–Kier alpha value is -1.63. The van der Waals surface area contributed by atoms with E-state index in [1.807, 2.05) is 0 Å². The molecule has 7 heteroatoms. The molecule has 0 bridgehead atoms. The highest BCUT2D eigenvalue weighted by atomic mass is 16.5. The first kappa shape index (κ1) is 15.4. The number of carbonyl (C=O) groups is 3. The molecule has 1 aliphatic carbocycles. The number of nitrogens with zero attached hydrogens (tertiary/aromatic N) is 2. The molecular weight excluding hydrogens is 250 g/mol. The third-order valence-corrected chi connectivity index (χ3v) is 2.78. The lowest BCUT2D eigenvalue weighted by Gasteiger charge is -2.20. The fraction of sp³-hybridized carbons (Fsp3) is 0.750. The summed E-state index contributed by atoms with van der Waals surface area (Å²) in [6.45, 7) is 0.161. The van der Waals surface area contributed by atoms with Gasteiger partial charge in [0.15, 0.2) is 0 Å². The van der Waals surface area contributed by atoms with Crippen LogP contribution in [-0.2, 0) is 19.1 Å². The molecular formula is C12H21N3O4. The SMILES string of the molecule is COC(=O)CN(C)CC(=O)N(C)CC(=O)NC1CC1. The quantitative estimate of drug-likeness (QED) is 0.590. The summed E-state index contributed by atoms with van der Waals surface area (Å²) in [5, 5.41) is 2.81. The van der Waals surface area contributed by atoms with Gasteiger partial charge >= 0.3 is 5.97 Å². The van der Waals surface area contributed by atoms with Crippen molar-refractivity contribution in [2.45, 2.75) is 18.9 Å². The van der Waals surface area contributed by atoms with Gasteiger partial charge in [-0.2, -0.15) is 0 Å². The van der Waals surface area contributed by atoms with Crippen LogP contribution < -0.4 is 5.32 Å². The van der Waals surface area contributed by atoms with Crippen LogP contribution in [0.1, 0.15) is 12.8 Å². The highest BCUT2D eigenvalue weighted by Crippen LogP contribution is 2.18. The highest BCUT2D eigenvalue weighted by molar-refractivity contribution is 5.86. The van der Waals surface area contributed by atoms with Gasteiger partial charge in [-0.05, 0) is 19.9 Å². The van der Waals surface area contributed by atoms with Gasteiger partial charge in [0, 0.05) is 13.1 Å². The van der Waals surface area contributed by atoms with E-state index in [0.717, 1.165) is 12.8 Å². The number of rotatable bonds is 7. The molecule has 1 fully saturated rings. The first-order valence-corrected chi connectivity index (χ1v) is 6.21. The van der Waals surface area contributed by atoms with Crippen molar-refractivity contribution in [1.29, 1.82) is 0 Å². The van der Waals surface area contributed by atoms with E-state index in [9.17, 15) is 14.4 Å². The van der Waals surface area contributed by atoms with Gasteiger partial charge in [-0.3, -0.25) is 19.3 Å². The first-order chi connectivity index (χ1) is 8.92. The Morgan fingerprint density at radius 3 is 2.32 bits per heavy atom. The number of esters is 1. The van der Waals surface area contributed by atoms with E-state index >= 15 is 0 Å². The first-order valence-electron chi connectivity index (χ1n) is 6.21. The fourth-order valence-electron chi connectivity index (χ4n) is 1.50. The Kier molecular flexibility index (Phi) is 5.75. The Morgan fingerprint density at radius 1 is 1.16 bits per heavy atom. The topological polar surface area (TPSA) is 79.0 Å². The Balaban J connectivity index is 2.26. The standard InChI is InChI=1S/C12H21N3O4/c1-14(8-12(18)19-3)7-11(17)15(2)6-10(16)13-9-4-5-9/h9H,4-8H2,1-3H3,(H,13,16). The summed E-state index contributed by atoms with van der Waals surface area (Å²) in [5.74, 6) is -0.754. The maximum absolute atomic E-state index is 11.8. The van der Waals surface area contributed by atoms with Crippen LogP contribution in [0.2, 0.25) is 0 Å². The van der Waals surface area contributed by atoms with Crippen molar-refractivity contribution in [2.75, 3.05) is 40.8 Å². The Morgan fingerprint density at radius 2 is 1.79 bits per heavy atom. The number of ether oxygens (including phenoxy) is 1. The van der Waals surface area contributed by atoms with Crippen molar-refractivity contribution in [1.82, 2.24) is 15.1 Å². The van der Waals surface area contributed by atoms with Crippen molar-refractivity contribution in [3.63, 3.8) is 0 Å². The van der Waals surface area contributed by atoms with E-state index < -0.39 is 5.97 Å². The normalized spacial score (nSPS) is 14.1. The van der Waals surface area contributed by atoms with Crippen LogP contribution in [0.3, 0.4) is 0 Å². The van der Waals surface area contributed by atoms with Crippen LogP contribution >= 0.6 is 0 Å². The Bertz CT molecular complexity index is 355. The molecule has 0 unspecified atom stereocenters.